The number of fused-ring (bicyclic) bond motifs is 7. The molecule has 0 saturated carbocycles. The molecule has 0 saturated heterocycles. The molecule has 0 atom stereocenters. The summed E-state index contributed by atoms with van der Waals surface area (Å²) in [5, 5.41) is 12.6. The molecular formula is C41H34N2O. The first kappa shape index (κ1) is 26.5. The van der Waals surface area contributed by atoms with Gasteiger partial charge in [-0.05, 0) is 108 Å². The highest BCUT2D eigenvalue weighted by atomic mass is 16.3. The van der Waals surface area contributed by atoms with Gasteiger partial charge >= 0.3 is 0 Å². The molecule has 0 spiro atoms. The van der Waals surface area contributed by atoms with E-state index in [1.807, 2.05) is 12.1 Å². The van der Waals surface area contributed by atoms with Gasteiger partial charge < -0.3 is 8.98 Å². The van der Waals surface area contributed by atoms with Crippen LogP contribution in [0.2, 0.25) is 0 Å². The summed E-state index contributed by atoms with van der Waals surface area (Å²) < 4.78 is 9.00. The normalized spacial score (nSPS) is 14.7. The van der Waals surface area contributed by atoms with E-state index in [9.17, 15) is 5.26 Å². The van der Waals surface area contributed by atoms with Crippen molar-refractivity contribution in [3.8, 4) is 34.0 Å². The lowest BCUT2D eigenvalue weighted by atomic mass is 9.82. The van der Waals surface area contributed by atoms with Gasteiger partial charge in [-0.2, -0.15) is 5.26 Å². The van der Waals surface area contributed by atoms with E-state index < -0.39 is 0 Å². The van der Waals surface area contributed by atoms with E-state index in [0.717, 1.165) is 58.0 Å². The maximum Gasteiger partial charge on any atom is 0.136 e. The Morgan fingerprint density at radius 2 is 1.77 bits per heavy atom. The molecule has 4 aromatic carbocycles. The van der Waals surface area contributed by atoms with Crippen molar-refractivity contribution < 1.29 is 4.42 Å². The first-order valence-corrected chi connectivity index (χ1v) is 15.7. The molecule has 214 valence electrons. The summed E-state index contributed by atoms with van der Waals surface area (Å²) in [5.74, 6) is 0. The monoisotopic (exact) mass is 570 g/mol. The van der Waals surface area contributed by atoms with E-state index in [1.165, 1.54) is 44.8 Å². The number of benzene rings is 4. The van der Waals surface area contributed by atoms with E-state index in [1.54, 1.807) is 0 Å². The average Bonchev–Trinajstić information content (AvgIpc) is 3.65. The van der Waals surface area contributed by atoms with Crippen molar-refractivity contribution >= 4 is 34.1 Å². The summed E-state index contributed by atoms with van der Waals surface area (Å²) >= 11 is 0. The van der Waals surface area contributed by atoms with Crippen LogP contribution in [0.3, 0.4) is 0 Å². The van der Waals surface area contributed by atoms with Crippen molar-refractivity contribution in [2.45, 2.75) is 52.4 Å². The van der Waals surface area contributed by atoms with Crippen LogP contribution in [0.25, 0.3) is 62.0 Å². The van der Waals surface area contributed by atoms with Crippen molar-refractivity contribution in [3.05, 3.63) is 124 Å². The van der Waals surface area contributed by atoms with Crippen LogP contribution >= 0.6 is 0 Å². The molecule has 2 heterocycles. The smallest absolute Gasteiger partial charge is 0.136 e. The van der Waals surface area contributed by atoms with Crippen molar-refractivity contribution in [2.75, 3.05) is 0 Å². The maximum absolute atomic E-state index is 10.3. The lowest BCUT2D eigenvalue weighted by Crippen LogP contribution is -2.14. The van der Waals surface area contributed by atoms with Gasteiger partial charge in [0.1, 0.15) is 11.2 Å². The Labute approximate surface area is 258 Å². The molecule has 2 aromatic heterocycles. The summed E-state index contributed by atoms with van der Waals surface area (Å²) in [6.07, 6.45) is 11.9. The van der Waals surface area contributed by atoms with Crippen LogP contribution in [0.15, 0.2) is 89.4 Å². The third-order valence-corrected chi connectivity index (χ3v) is 9.83. The molecule has 0 unspecified atom stereocenters. The van der Waals surface area contributed by atoms with Gasteiger partial charge in [-0.25, -0.2) is 0 Å². The quantitative estimate of drug-likeness (QED) is 0.212. The second kappa shape index (κ2) is 9.73. The second-order valence-electron chi connectivity index (χ2n) is 12.5. The number of allylic oxidation sites excluding steroid dienone is 2. The zero-order valence-electron chi connectivity index (χ0n) is 25.7. The summed E-state index contributed by atoms with van der Waals surface area (Å²) in [6.45, 7) is 8.90. The predicted octanol–water partition coefficient (Wildman–Crippen LogP) is 10.8. The lowest BCUT2D eigenvalue weighted by Gasteiger charge is -2.21. The minimum absolute atomic E-state index is 0.0853. The second-order valence-corrected chi connectivity index (χ2v) is 12.5. The summed E-state index contributed by atoms with van der Waals surface area (Å²) in [5.41, 5.74) is 15.7. The minimum Gasteiger partial charge on any atom is -0.456 e. The molecule has 0 aliphatic heterocycles. The number of furan rings is 1. The molecular weight excluding hydrogens is 536 g/mol. The first-order chi connectivity index (χ1) is 21.5. The number of nitriles is 1. The van der Waals surface area contributed by atoms with Crippen LogP contribution in [0.5, 0.6) is 0 Å². The molecule has 0 N–H and O–H groups in total. The number of aromatic nitrogens is 1. The molecule has 2 aliphatic carbocycles. The van der Waals surface area contributed by atoms with E-state index >= 15 is 0 Å². The fourth-order valence-corrected chi connectivity index (χ4v) is 7.81. The summed E-state index contributed by atoms with van der Waals surface area (Å²) in [6, 6.07) is 28.3. The Balaban J connectivity index is 1.36. The first-order valence-electron chi connectivity index (χ1n) is 15.7. The highest BCUT2D eigenvalue weighted by Crippen LogP contribution is 2.51. The van der Waals surface area contributed by atoms with Crippen molar-refractivity contribution in [2.24, 2.45) is 0 Å². The van der Waals surface area contributed by atoms with Crippen molar-refractivity contribution in [1.29, 1.82) is 5.26 Å². The van der Waals surface area contributed by atoms with Gasteiger partial charge in [0.2, 0.25) is 0 Å². The molecule has 3 heteroatoms. The standard InChI is InChI=1S/C41H34N2O/c1-5-12-28-29-15-8-10-17-36(29)43(35(28)6-2)37-18-11-13-26(24-42)40(37)25-19-20-30-32-22-31-27-14-7-9-16-33(27)41(3,4)34(31)23-39(32)44-38(30)21-25/h5,7,9-14,16-23H,6,8,15H2,1-4H3/b12-5-. The van der Waals surface area contributed by atoms with E-state index in [0.29, 0.717) is 5.56 Å². The van der Waals surface area contributed by atoms with Gasteiger partial charge in [0.15, 0.2) is 0 Å². The highest BCUT2D eigenvalue weighted by molar-refractivity contribution is 6.09. The SMILES string of the molecule is C/C=C\c1c2c(n(-c3cccc(C#N)c3-c3ccc4c(c3)oc3cc5c(cc34)-c3ccccc3C5(C)C)c1CC)C=CCC2. The van der Waals surface area contributed by atoms with E-state index in [4.69, 9.17) is 4.42 Å². The third-order valence-electron chi connectivity index (χ3n) is 9.83. The van der Waals surface area contributed by atoms with Crippen molar-refractivity contribution in [3.63, 3.8) is 0 Å². The zero-order valence-corrected chi connectivity index (χ0v) is 25.7. The van der Waals surface area contributed by atoms with E-state index in [2.05, 4.69) is 123 Å². The third kappa shape index (κ3) is 3.61. The fraction of sp³-hybridized carbons (Fsp3) is 0.195. The number of hydrogen-bond donors (Lipinski definition) is 0. The predicted molar refractivity (Wildman–Crippen MR) is 182 cm³/mol. The Hall–Kier alpha value is -5.07. The van der Waals surface area contributed by atoms with Gasteiger partial charge in [0.25, 0.3) is 0 Å². The molecule has 8 rings (SSSR count). The number of hydrogen-bond acceptors (Lipinski definition) is 2. The van der Waals surface area contributed by atoms with E-state index in [-0.39, 0.29) is 5.41 Å². The molecule has 44 heavy (non-hydrogen) atoms. The van der Waals surface area contributed by atoms with Gasteiger partial charge in [0, 0.05) is 33.1 Å². The Morgan fingerprint density at radius 3 is 2.59 bits per heavy atom. The summed E-state index contributed by atoms with van der Waals surface area (Å²) in [7, 11) is 0. The van der Waals surface area contributed by atoms with Crippen LogP contribution < -0.4 is 0 Å². The summed E-state index contributed by atoms with van der Waals surface area (Å²) in [4.78, 5) is 0. The highest BCUT2D eigenvalue weighted by Gasteiger charge is 2.36. The molecule has 0 bridgehead atoms. The molecule has 2 aliphatic rings. The number of rotatable bonds is 4. The van der Waals surface area contributed by atoms with Gasteiger partial charge in [0.05, 0.1) is 17.3 Å². The average molecular weight is 571 g/mol. The Kier molecular flexibility index (Phi) is 5.87. The molecule has 3 nitrogen and oxygen atoms in total. The van der Waals surface area contributed by atoms with Crippen LogP contribution in [0.4, 0.5) is 0 Å². The fourth-order valence-electron chi connectivity index (χ4n) is 7.81. The zero-order chi connectivity index (χ0) is 30.2. The van der Waals surface area contributed by atoms with Crippen LogP contribution in [-0.2, 0) is 18.3 Å². The van der Waals surface area contributed by atoms with Crippen LogP contribution in [0, 0.1) is 11.3 Å². The van der Waals surface area contributed by atoms with Crippen LogP contribution in [0.1, 0.15) is 73.3 Å². The largest absolute Gasteiger partial charge is 0.456 e. The molecule has 6 aromatic rings. The molecule has 0 radical (unpaired) electrons. The minimum atomic E-state index is -0.0853. The van der Waals surface area contributed by atoms with Gasteiger partial charge in [-0.1, -0.05) is 75.4 Å². The molecule has 0 fully saturated rings. The topological polar surface area (TPSA) is 41.9 Å². The Bertz CT molecular complexity index is 2260. The lowest BCUT2D eigenvalue weighted by molar-refractivity contribution is 0.647. The van der Waals surface area contributed by atoms with Crippen LogP contribution in [-0.4, -0.2) is 4.57 Å². The van der Waals surface area contributed by atoms with Crippen molar-refractivity contribution in [1.82, 2.24) is 4.57 Å². The van der Waals surface area contributed by atoms with Gasteiger partial charge in [-0.15, -0.1) is 0 Å². The molecule has 0 amide bonds. The van der Waals surface area contributed by atoms with Gasteiger partial charge in [-0.3, -0.25) is 0 Å². The maximum atomic E-state index is 10.3. The Morgan fingerprint density at radius 1 is 0.932 bits per heavy atom. The number of nitrogens with zero attached hydrogens (tertiary/aromatic N) is 2.